The van der Waals surface area contributed by atoms with E-state index >= 15 is 0 Å². The monoisotopic (exact) mass is 389 g/mol. The number of aliphatic hydroxyl groups is 1. The number of aliphatic hydroxyl groups excluding tert-OH is 1. The van der Waals surface area contributed by atoms with Gasteiger partial charge < -0.3 is 18.9 Å². The molecule has 1 atom stereocenters. The van der Waals surface area contributed by atoms with Crippen molar-refractivity contribution in [1.82, 2.24) is 9.97 Å². The number of ketones is 1. The van der Waals surface area contributed by atoms with Crippen LogP contribution >= 0.6 is 0 Å². The summed E-state index contributed by atoms with van der Waals surface area (Å²) < 4.78 is 10.7. The molecule has 0 radical (unpaired) electrons. The Morgan fingerprint density at radius 2 is 1.97 bits per heavy atom. The van der Waals surface area contributed by atoms with Gasteiger partial charge in [-0.1, -0.05) is 6.07 Å². The summed E-state index contributed by atoms with van der Waals surface area (Å²) in [7, 11) is 0. The molecular weight excluding hydrogens is 374 g/mol. The molecule has 2 N–H and O–H groups in total. The molecule has 1 amide bonds. The second-order valence-electron chi connectivity index (χ2n) is 6.74. The van der Waals surface area contributed by atoms with E-state index in [9.17, 15) is 14.7 Å². The van der Waals surface area contributed by atoms with Crippen LogP contribution in [0.15, 0.2) is 75.2 Å². The highest BCUT2D eigenvalue weighted by Gasteiger charge is 2.47. The topological polar surface area (TPSA) is 113 Å². The molecule has 1 aliphatic rings. The lowest BCUT2D eigenvalue weighted by molar-refractivity contribution is -0.117. The molecule has 0 bridgehead atoms. The minimum Gasteiger partial charge on any atom is -0.503 e. The molecule has 4 aromatic rings. The number of Topliss-reactive ketones (excluding diaryl/α,β-unsaturated/α-hetero) is 1. The average Bonchev–Trinajstić information content (AvgIpc) is 3.49. The summed E-state index contributed by atoms with van der Waals surface area (Å²) in [5.41, 5.74) is 2.28. The van der Waals surface area contributed by atoms with Crippen LogP contribution in [0.1, 0.15) is 27.9 Å². The number of anilines is 1. The third kappa shape index (κ3) is 2.57. The van der Waals surface area contributed by atoms with Crippen molar-refractivity contribution in [3.05, 3.63) is 83.4 Å². The van der Waals surface area contributed by atoms with Gasteiger partial charge in [-0.3, -0.25) is 14.5 Å². The van der Waals surface area contributed by atoms with Gasteiger partial charge in [-0.25, -0.2) is 4.98 Å². The number of aromatic nitrogens is 2. The minimum absolute atomic E-state index is 0.0120. The van der Waals surface area contributed by atoms with Crippen molar-refractivity contribution in [2.24, 2.45) is 0 Å². The van der Waals surface area contributed by atoms with E-state index in [-0.39, 0.29) is 17.3 Å². The van der Waals surface area contributed by atoms with Crippen LogP contribution in [0.25, 0.3) is 11.0 Å². The average molecular weight is 389 g/mol. The standard InChI is InChI=1S/C21H15N3O5/c1-11-6-7-12-13(10-11)23-21(22-12)24-17(14-4-2-8-28-14)16(19(26)20(24)27)18(25)15-5-3-9-29-15/h2-10,17,26H,1H3,(H,22,23). The highest BCUT2D eigenvalue weighted by molar-refractivity contribution is 6.19. The summed E-state index contributed by atoms with van der Waals surface area (Å²) in [5, 5.41) is 10.6. The van der Waals surface area contributed by atoms with E-state index in [2.05, 4.69) is 9.97 Å². The Morgan fingerprint density at radius 1 is 1.17 bits per heavy atom. The number of nitrogens with zero attached hydrogens (tertiary/aromatic N) is 2. The lowest BCUT2D eigenvalue weighted by Crippen LogP contribution is -2.31. The van der Waals surface area contributed by atoms with Gasteiger partial charge in [0.1, 0.15) is 11.8 Å². The number of hydrogen-bond acceptors (Lipinski definition) is 6. The van der Waals surface area contributed by atoms with Crippen LogP contribution in [0.5, 0.6) is 0 Å². The maximum Gasteiger partial charge on any atom is 0.296 e. The summed E-state index contributed by atoms with van der Waals surface area (Å²) in [6.07, 6.45) is 2.78. The molecule has 0 aliphatic carbocycles. The highest BCUT2D eigenvalue weighted by atomic mass is 16.3. The molecular formula is C21H15N3O5. The van der Waals surface area contributed by atoms with Gasteiger partial charge in [0, 0.05) is 0 Å². The van der Waals surface area contributed by atoms with Gasteiger partial charge in [0.2, 0.25) is 11.7 Å². The number of rotatable bonds is 4. The first-order chi connectivity index (χ1) is 14.0. The zero-order chi connectivity index (χ0) is 20.1. The fourth-order valence-electron chi connectivity index (χ4n) is 3.54. The third-order valence-corrected chi connectivity index (χ3v) is 4.86. The zero-order valence-electron chi connectivity index (χ0n) is 15.2. The maximum absolute atomic E-state index is 13.0. The molecule has 8 nitrogen and oxygen atoms in total. The van der Waals surface area contributed by atoms with Gasteiger partial charge >= 0.3 is 0 Å². The number of carbonyl (C=O) groups is 2. The van der Waals surface area contributed by atoms with Crippen molar-refractivity contribution >= 4 is 28.7 Å². The van der Waals surface area contributed by atoms with Crippen molar-refractivity contribution in [3.63, 3.8) is 0 Å². The number of benzene rings is 1. The first-order valence-corrected chi connectivity index (χ1v) is 8.89. The lowest BCUT2D eigenvalue weighted by atomic mass is 10.00. The third-order valence-electron chi connectivity index (χ3n) is 4.86. The summed E-state index contributed by atoms with van der Waals surface area (Å²) in [5.74, 6) is -1.49. The van der Waals surface area contributed by atoms with Crippen LogP contribution in [0.4, 0.5) is 5.95 Å². The van der Waals surface area contributed by atoms with E-state index in [1.165, 1.54) is 23.5 Å². The van der Waals surface area contributed by atoms with Gasteiger partial charge in [0.15, 0.2) is 11.5 Å². The number of nitrogens with one attached hydrogen (secondary N) is 1. The van der Waals surface area contributed by atoms with Crippen LogP contribution in [-0.2, 0) is 4.79 Å². The zero-order valence-corrected chi connectivity index (χ0v) is 15.2. The molecule has 29 heavy (non-hydrogen) atoms. The first-order valence-electron chi connectivity index (χ1n) is 8.89. The molecule has 5 rings (SSSR count). The van der Waals surface area contributed by atoms with Crippen molar-refractivity contribution in [3.8, 4) is 0 Å². The SMILES string of the molecule is Cc1ccc2nc(N3C(=O)C(O)=C(C(=O)c4ccco4)C3c3ccco3)[nH]c2c1. The molecule has 4 heterocycles. The van der Waals surface area contributed by atoms with Gasteiger partial charge in [-0.05, 0) is 48.9 Å². The Kier molecular flexibility index (Phi) is 3.67. The van der Waals surface area contributed by atoms with E-state index in [0.717, 1.165) is 11.1 Å². The van der Waals surface area contributed by atoms with Crippen LogP contribution in [0.2, 0.25) is 0 Å². The first kappa shape index (κ1) is 17.1. The number of aromatic amines is 1. The number of H-pyrrole nitrogens is 1. The highest BCUT2D eigenvalue weighted by Crippen LogP contribution is 2.41. The minimum atomic E-state index is -0.989. The largest absolute Gasteiger partial charge is 0.503 e. The Hall–Kier alpha value is -4.07. The lowest BCUT2D eigenvalue weighted by Gasteiger charge is -2.21. The molecule has 0 saturated carbocycles. The van der Waals surface area contributed by atoms with E-state index in [1.54, 1.807) is 18.2 Å². The van der Waals surface area contributed by atoms with Gasteiger partial charge in [0.25, 0.3) is 5.91 Å². The van der Waals surface area contributed by atoms with Gasteiger partial charge in [0.05, 0.1) is 29.1 Å². The molecule has 144 valence electrons. The summed E-state index contributed by atoms with van der Waals surface area (Å²) in [4.78, 5) is 34.8. The normalized spacial score (nSPS) is 16.9. The van der Waals surface area contributed by atoms with E-state index in [1.807, 2.05) is 25.1 Å². The number of carbonyl (C=O) groups excluding carboxylic acids is 2. The fourth-order valence-corrected chi connectivity index (χ4v) is 3.54. The predicted molar refractivity (Wildman–Crippen MR) is 102 cm³/mol. The fraction of sp³-hybridized carbons (Fsp3) is 0.0952. The number of amides is 1. The summed E-state index contributed by atoms with van der Waals surface area (Å²) in [6.45, 7) is 1.94. The summed E-state index contributed by atoms with van der Waals surface area (Å²) in [6, 6.07) is 10.9. The number of aryl methyl sites for hydroxylation is 1. The molecule has 0 fully saturated rings. The number of imidazole rings is 1. The van der Waals surface area contributed by atoms with Crippen LogP contribution in [0, 0.1) is 6.92 Å². The van der Waals surface area contributed by atoms with Crippen molar-refractivity contribution in [2.75, 3.05) is 4.90 Å². The smallest absolute Gasteiger partial charge is 0.296 e. The van der Waals surface area contributed by atoms with Crippen molar-refractivity contribution < 1.29 is 23.5 Å². The Morgan fingerprint density at radius 3 is 2.69 bits per heavy atom. The maximum atomic E-state index is 13.0. The molecule has 8 heteroatoms. The van der Waals surface area contributed by atoms with Crippen LogP contribution in [-0.4, -0.2) is 26.8 Å². The molecule has 0 saturated heterocycles. The second-order valence-corrected chi connectivity index (χ2v) is 6.74. The van der Waals surface area contributed by atoms with Crippen LogP contribution < -0.4 is 4.90 Å². The van der Waals surface area contributed by atoms with Gasteiger partial charge in [-0.2, -0.15) is 0 Å². The Balaban J connectivity index is 1.67. The van der Waals surface area contributed by atoms with Crippen molar-refractivity contribution in [1.29, 1.82) is 0 Å². The predicted octanol–water partition coefficient (Wildman–Crippen LogP) is 3.84. The molecule has 1 aromatic carbocycles. The summed E-state index contributed by atoms with van der Waals surface area (Å²) >= 11 is 0. The quantitative estimate of drug-likeness (QED) is 0.513. The molecule has 1 unspecified atom stereocenters. The van der Waals surface area contributed by atoms with Gasteiger partial charge in [-0.15, -0.1) is 0 Å². The second kappa shape index (κ2) is 6.23. The van der Waals surface area contributed by atoms with E-state index < -0.39 is 23.5 Å². The number of hydrogen-bond donors (Lipinski definition) is 2. The molecule has 0 spiro atoms. The van der Waals surface area contributed by atoms with Crippen LogP contribution in [0.3, 0.4) is 0 Å². The van der Waals surface area contributed by atoms with Crippen molar-refractivity contribution in [2.45, 2.75) is 13.0 Å². The Labute approximate surface area is 164 Å². The Bertz CT molecular complexity index is 1270. The molecule has 3 aromatic heterocycles. The van der Waals surface area contributed by atoms with E-state index in [4.69, 9.17) is 8.83 Å². The molecule has 1 aliphatic heterocycles. The van der Waals surface area contributed by atoms with E-state index in [0.29, 0.717) is 11.3 Å². The number of fused-ring (bicyclic) bond motifs is 1. The number of furan rings is 2.